The van der Waals surface area contributed by atoms with Crippen molar-refractivity contribution < 1.29 is 4.39 Å². The molecule has 0 bridgehead atoms. The molecule has 1 unspecified atom stereocenters. The SMILES string of the molecule is CC(C#N)(Cc1cccc(F)c1)N1CCCNCC1. The van der Waals surface area contributed by atoms with Gasteiger partial charge in [-0.2, -0.15) is 5.26 Å². The van der Waals surface area contributed by atoms with Crippen molar-refractivity contribution >= 4 is 0 Å². The van der Waals surface area contributed by atoms with E-state index in [-0.39, 0.29) is 5.82 Å². The van der Waals surface area contributed by atoms with Crippen LogP contribution in [0.4, 0.5) is 4.39 Å². The van der Waals surface area contributed by atoms with E-state index in [4.69, 9.17) is 0 Å². The lowest BCUT2D eigenvalue weighted by atomic mass is 9.92. The Morgan fingerprint density at radius 1 is 1.42 bits per heavy atom. The average molecular weight is 261 g/mol. The maximum atomic E-state index is 13.2. The highest BCUT2D eigenvalue weighted by Crippen LogP contribution is 2.21. The predicted molar refractivity (Wildman–Crippen MR) is 73.2 cm³/mol. The normalized spacial score (nSPS) is 20.3. The van der Waals surface area contributed by atoms with Gasteiger partial charge >= 0.3 is 0 Å². The fourth-order valence-corrected chi connectivity index (χ4v) is 2.61. The maximum Gasteiger partial charge on any atom is 0.123 e. The van der Waals surface area contributed by atoms with E-state index in [0.717, 1.165) is 38.2 Å². The molecule has 1 aromatic carbocycles. The van der Waals surface area contributed by atoms with Gasteiger partial charge in [-0.15, -0.1) is 0 Å². The Morgan fingerprint density at radius 3 is 3.00 bits per heavy atom. The van der Waals surface area contributed by atoms with Crippen LogP contribution in [0.1, 0.15) is 18.9 Å². The highest BCUT2D eigenvalue weighted by Gasteiger charge is 2.32. The molecule has 19 heavy (non-hydrogen) atoms. The molecular weight excluding hydrogens is 241 g/mol. The Balaban J connectivity index is 2.15. The van der Waals surface area contributed by atoms with E-state index in [1.54, 1.807) is 6.07 Å². The van der Waals surface area contributed by atoms with E-state index in [1.165, 1.54) is 12.1 Å². The van der Waals surface area contributed by atoms with Crippen LogP contribution in [0, 0.1) is 17.1 Å². The molecule has 102 valence electrons. The van der Waals surface area contributed by atoms with Crippen LogP contribution in [-0.2, 0) is 6.42 Å². The Morgan fingerprint density at radius 2 is 2.26 bits per heavy atom. The number of nitrogens with one attached hydrogen (secondary N) is 1. The van der Waals surface area contributed by atoms with Gasteiger partial charge in [0.05, 0.1) is 6.07 Å². The van der Waals surface area contributed by atoms with Gasteiger partial charge in [-0.1, -0.05) is 12.1 Å². The number of hydrogen-bond acceptors (Lipinski definition) is 3. The van der Waals surface area contributed by atoms with Crippen molar-refractivity contribution in [3.63, 3.8) is 0 Å². The molecule has 1 N–H and O–H groups in total. The number of benzene rings is 1. The van der Waals surface area contributed by atoms with E-state index in [2.05, 4.69) is 16.3 Å². The molecule has 0 aliphatic carbocycles. The Kier molecular flexibility index (Phi) is 4.52. The summed E-state index contributed by atoms with van der Waals surface area (Å²) in [4.78, 5) is 2.21. The summed E-state index contributed by atoms with van der Waals surface area (Å²) in [6, 6.07) is 8.96. The third-order valence-electron chi connectivity index (χ3n) is 3.72. The van der Waals surface area contributed by atoms with Crippen molar-refractivity contribution in [2.45, 2.75) is 25.3 Å². The fraction of sp³-hybridized carbons (Fsp3) is 0.533. The summed E-state index contributed by atoms with van der Waals surface area (Å²) < 4.78 is 13.2. The molecular formula is C15H20FN3. The van der Waals surface area contributed by atoms with Crippen molar-refractivity contribution in [3.05, 3.63) is 35.6 Å². The monoisotopic (exact) mass is 261 g/mol. The molecule has 1 saturated heterocycles. The van der Waals surface area contributed by atoms with E-state index < -0.39 is 5.54 Å². The molecule has 0 spiro atoms. The summed E-state index contributed by atoms with van der Waals surface area (Å²) in [5, 5.41) is 12.9. The first-order chi connectivity index (χ1) is 9.14. The molecule has 0 radical (unpaired) electrons. The minimum Gasteiger partial charge on any atom is -0.315 e. The molecule has 3 nitrogen and oxygen atoms in total. The zero-order chi connectivity index (χ0) is 13.7. The molecule has 1 aliphatic heterocycles. The third-order valence-corrected chi connectivity index (χ3v) is 3.72. The van der Waals surface area contributed by atoms with Crippen molar-refractivity contribution in [2.75, 3.05) is 26.2 Å². The molecule has 4 heteroatoms. The van der Waals surface area contributed by atoms with Crippen LogP contribution in [0.15, 0.2) is 24.3 Å². The van der Waals surface area contributed by atoms with Crippen molar-refractivity contribution in [2.24, 2.45) is 0 Å². The topological polar surface area (TPSA) is 39.1 Å². The van der Waals surface area contributed by atoms with Crippen LogP contribution in [-0.4, -0.2) is 36.6 Å². The van der Waals surface area contributed by atoms with E-state index in [9.17, 15) is 9.65 Å². The highest BCUT2D eigenvalue weighted by atomic mass is 19.1. The Hall–Kier alpha value is -1.44. The first-order valence-electron chi connectivity index (χ1n) is 6.75. The van der Waals surface area contributed by atoms with Gasteiger partial charge in [-0.3, -0.25) is 4.90 Å². The number of halogens is 1. The number of rotatable bonds is 3. The van der Waals surface area contributed by atoms with Crippen LogP contribution in [0.25, 0.3) is 0 Å². The first-order valence-corrected chi connectivity index (χ1v) is 6.75. The zero-order valence-electron chi connectivity index (χ0n) is 11.3. The average Bonchev–Trinajstić information content (AvgIpc) is 2.68. The third kappa shape index (κ3) is 3.52. The van der Waals surface area contributed by atoms with Crippen LogP contribution < -0.4 is 5.32 Å². The summed E-state index contributed by atoms with van der Waals surface area (Å²) in [6.07, 6.45) is 1.60. The lowest BCUT2D eigenvalue weighted by Gasteiger charge is -2.35. The molecule has 1 fully saturated rings. The van der Waals surface area contributed by atoms with Gasteiger partial charge in [0.2, 0.25) is 0 Å². The van der Waals surface area contributed by atoms with E-state index in [0.29, 0.717) is 6.42 Å². The summed E-state index contributed by atoms with van der Waals surface area (Å²) in [7, 11) is 0. The Bertz CT molecular complexity index is 461. The van der Waals surface area contributed by atoms with Gasteiger partial charge < -0.3 is 5.32 Å². The van der Waals surface area contributed by atoms with Gasteiger partial charge in [-0.05, 0) is 37.6 Å². The zero-order valence-corrected chi connectivity index (χ0v) is 11.3. The second kappa shape index (κ2) is 6.14. The second-order valence-corrected chi connectivity index (χ2v) is 5.28. The van der Waals surface area contributed by atoms with E-state index >= 15 is 0 Å². The molecule has 1 aliphatic rings. The minimum absolute atomic E-state index is 0.240. The van der Waals surface area contributed by atoms with Crippen LogP contribution in [0.5, 0.6) is 0 Å². The molecule has 0 saturated carbocycles. The van der Waals surface area contributed by atoms with E-state index in [1.807, 2.05) is 13.0 Å². The summed E-state index contributed by atoms with van der Waals surface area (Å²) in [5.41, 5.74) is 0.307. The molecule has 1 heterocycles. The van der Waals surface area contributed by atoms with Crippen LogP contribution in [0.2, 0.25) is 0 Å². The smallest absolute Gasteiger partial charge is 0.123 e. The van der Waals surface area contributed by atoms with Gasteiger partial charge in [-0.25, -0.2) is 4.39 Å². The molecule has 2 rings (SSSR count). The number of nitriles is 1. The van der Waals surface area contributed by atoms with Crippen molar-refractivity contribution in [3.8, 4) is 6.07 Å². The summed E-state index contributed by atoms with van der Waals surface area (Å²) in [6.45, 7) is 5.62. The Labute approximate surface area is 114 Å². The molecule has 1 atom stereocenters. The fourth-order valence-electron chi connectivity index (χ4n) is 2.61. The number of hydrogen-bond donors (Lipinski definition) is 1. The van der Waals surface area contributed by atoms with Gasteiger partial charge in [0.25, 0.3) is 0 Å². The standard InChI is InChI=1S/C15H20FN3/c1-15(12-17,19-8-3-6-18-7-9-19)11-13-4-2-5-14(16)10-13/h2,4-5,10,18H,3,6-9,11H2,1H3. The minimum atomic E-state index is -0.570. The summed E-state index contributed by atoms with van der Waals surface area (Å²) >= 11 is 0. The van der Waals surface area contributed by atoms with Gasteiger partial charge in [0.1, 0.15) is 11.4 Å². The molecule has 0 aromatic heterocycles. The number of nitrogens with zero attached hydrogens (tertiary/aromatic N) is 2. The van der Waals surface area contributed by atoms with Gasteiger partial charge in [0.15, 0.2) is 0 Å². The highest BCUT2D eigenvalue weighted by molar-refractivity contribution is 5.22. The lowest BCUT2D eigenvalue weighted by Crippen LogP contribution is -2.48. The maximum absolute atomic E-state index is 13.2. The van der Waals surface area contributed by atoms with Crippen LogP contribution in [0.3, 0.4) is 0 Å². The molecule has 1 aromatic rings. The lowest BCUT2D eigenvalue weighted by molar-refractivity contribution is 0.162. The first kappa shape index (κ1) is 14.0. The molecule has 0 amide bonds. The van der Waals surface area contributed by atoms with Crippen molar-refractivity contribution in [1.82, 2.24) is 10.2 Å². The summed E-state index contributed by atoms with van der Waals surface area (Å²) in [5.74, 6) is -0.240. The quantitative estimate of drug-likeness (QED) is 0.904. The van der Waals surface area contributed by atoms with Crippen LogP contribution >= 0.6 is 0 Å². The predicted octanol–water partition coefficient (Wildman–Crippen LogP) is 1.95. The largest absolute Gasteiger partial charge is 0.315 e. The second-order valence-electron chi connectivity index (χ2n) is 5.28. The van der Waals surface area contributed by atoms with Crippen molar-refractivity contribution in [1.29, 1.82) is 5.26 Å². The van der Waals surface area contributed by atoms with Gasteiger partial charge in [0, 0.05) is 26.1 Å².